The van der Waals surface area contributed by atoms with Gasteiger partial charge in [0.05, 0.1) is 12.6 Å². The van der Waals surface area contributed by atoms with Gasteiger partial charge in [-0.1, -0.05) is 0 Å². The van der Waals surface area contributed by atoms with Crippen molar-refractivity contribution < 1.29 is 13.5 Å². The first-order valence-electron chi connectivity index (χ1n) is 8.13. The Bertz CT molecular complexity index is 904. The van der Waals surface area contributed by atoms with Gasteiger partial charge in [0.25, 0.3) is 0 Å². The highest BCUT2D eigenvalue weighted by Gasteiger charge is 2.27. The molecular weight excluding hydrogens is 310 g/mol. The summed E-state index contributed by atoms with van der Waals surface area (Å²) in [5, 5.41) is 4.37. The fraction of sp³-hybridized carbons (Fsp3) is 0.263. The number of fused-ring (bicyclic) bond motifs is 3. The van der Waals surface area contributed by atoms with E-state index >= 15 is 0 Å². The van der Waals surface area contributed by atoms with E-state index in [9.17, 15) is 8.78 Å². The van der Waals surface area contributed by atoms with E-state index in [0.717, 1.165) is 40.4 Å². The predicted octanol–water partition coefficient (Wildman–Crippen LogP) is 4.08. The molecule has 4 rings (SSSR count). The van der Waals surface area contributed by atoms with Gasteiger partial charge in [0.2, 0.25) is 0 Å². The fourth-order valence-electron chi connectivity index (χ4n) is 3.46. The second kappa shape index (κ2) is 5.91. The second-order valence-corrected chi connectivity index (χ2v) is 5.96. The van der Waals surface area contributed by atoms with Crippen molar-refractivity contribution in [2.24, 2.45) is 0 Å². The molecule has 0 radical (unpaired) electrons. The Labute approximate surface area is 138 Å². The molecular formula is C19H18F2N2O. The van der Waals surface area contributed by atoms with Gasteiger partial charge in [-0.2, -0.15) is 0 Å². The molecule has 0 amide bonds. The largest absolute Gasteiger partial charge is 0.494 e. The topological polar surface area (TPSA) is 37.0 Å². The van der Waals surface area contributed by atoms with Gasteiger partial charge >= 0.3 is 0 Å². The van der Waals surface area contributed by atoms with Crippen molar-refractivity contribution in [2.45, 2.75) is 19.4 Å². The Morgan fingerprint density at radius 3 is 2.88 bits per heavy atom. The van der Waals surface area contributed by atoms with Crippen LogP contribution in [0.3, 0.4) is 0 Å². The summed E-state index contributed by atoms with van der Waals surface area (Å²) in [5.74, 6) is -0.0238. The number of H-pyrrole nitrogens is 1. The summed E-state index contributed by atoms with van der Waals surface area (Å²) in [4.78, 5) is 3.37. The average Bonchev–Trinajstić information content (AvgIpc) is 2.95. The zero-order valence-corrected chi connectivity index (χ0v) is 13.3. The third-order valence-corrected chi connectivity index (χ3v) is 4.50. The molecule has 1 aliphatic rings. The smallest absolute Gasteiger partial charge is 0.128 e. The lowest BCUT2D eigenvalue weighted by atomic mass is 9.94. The van der Waals surface area contributed by atoms with Gasteiger partial charge in [-0.25, -0.2) is 8.78 Å². The van der Waals surface area contributed by atoms with Crippen LogP contribution in [0.5, 0.6) is 5.75 Å². The van der Waals surface area contributed by atoms with E-state index in [2.05, 4.69) is 10.3 Å². The number of hydrogen-bond donors (Lipinski definition) is 2. The first-order chi connectivity index (χ1) is 11.7. The van der Waals surface area contributed by atoms with Crippen LogP contribution in [0.15, 0.2) is 36.4 Å². The first-order valence-corrected chi connectivity index (χ1v) is 8.13. The Morgan fingerprint density at radius 2 is 2.04 bits per heavy atom. The number of aromatic nitrogens is 1. The van der Waals surface area contributed by atoms with E-state index in [1.165, 1.54) is 12.1 Å². The Kier molecular flexibility index (Phi) is 3.73. The van der Waals surface area contributed by atoms with Crippen LogP contribution in [-0.2, 0) is 6.42 Å². The van der Waals surface area contributed by atoms with E-state index in [-0.39, 0.29) is 6.04 Å². The standard InChI is InChI=1S/C19H18F2N2O/c1-2-24-12-4-6-17-14(10-12)13-7-8-22-18(19(13)23-17)15-9-11(20)3-5-16(15)21/h3-6,9-10,18,22-23H,2,7-8H2,1H3. The molecule has 5 heteroatoms. The van der Waals surface area contributed by atoms with Crippen molar-refractivity contribution >= 4 is 10.9 Å². The Morgan fingerprint density at radius 1 is 1.17 bits per heavy atom. The summed E-state index contributed by atoms with van der Waals surface area (Å²) in [6.07, 6.45) is 0.832. The monoisotopic (exact) mass is 328 g/mol. The van der Waals surface area contributed by atoms with E-state index < -0.39 is 11.6 Å². The number of rotatable bonds is 3. The molecule has 1 aromatic heterocycles. The van der Waals surface area contributed by atoms with Crippen molar-refractivity contribution in [1.82, 2.24) is 10.3 Å². The van der Waals surface area contributed by atoms with Crippen molar-refractivity contribution in [3.05, 3.63) is 64.9 Å². The summed E-state index contributed by atoms with van der Waals surface area (Å²) >= 11 is 0. The van der Waals surface area contributed by atoms with E-state index in [1.54, 1.807) is 0 Å². The average molecular weight is 328 g/mol. The maximum atomic E-state index is 14.2. The van der Waals surface area contributed by atoms with Crippen LogP contribution in [0.1, 0.15) is 29.8 Å². The van der Waals surface area contributed by atoms with Gasteiger partial charge in [-0.05, 0) is 55.3 Å². The van der Waals surface area contributed by atoms with Crippen LogP contribution in [-0.4, -0.2) is 18.1 Å². The number of halogens is 2. The van der Waals surface area contributed by atoms with E-state index in [4.69, 9.17) is 4.74 Å². The maximum Gasteiger partial charge on any atom is 0.128 e. The Hall–Kier alpha value is -2.40. The molecule has 0 saturated heterocycles. The molecule has 0 fully saturated rings. The maximum absolute atomic E-state index is 14.2. The molecule has 2 heterocycles. The van der Waals surface area contributed by atoms with Gasteiger partial charge in [0.1, 0.15) is 17.4 Å². The number of aromatic amines is 1. The molecule has 0 spiro atoms. The second-order valence-electron chi connectivity index (χ2n) is 5.96. The molecule has 2 N–H and O–H groups in total. The molecule has 0 bridgehead atoms. The van der Waals surface area contributed by atoms with Crippen LogP contribution < -0.4 is 10.1 Å². The van der Waals surface area contributed by atoms with Crippen molar-refractivity contribution in [3.63, 3.8) is 0 Å². The summed E-state index contributed by atoms with van der Waals surface area (Å²) in [6, 6.07) is 9.10. The van der Waals surface area contributed by atoms with Crippen LogP contribution in [0.4, 0.5) is 8.78 Å². The summed E-state index contributed by atoms with van der Waals surface area (Å²) in [6.45, 7) is 3.26. The van der Waals surface area contributed by atoms with Crippen molar-refractivity contribution in [1.29, 1.82) is 0 Å². The molecule has 3 nitrogen and oxygen atoms in total. The molecule has 2 aromatic carbocycles. The minimum Gasteiger partial charge on any atom is -0.494 e. The predicted molar refractivity (Wildman–Crippen MR) is 89.4 cm³/mol. The molecule has 1 unspecified atom stereocenters. The van der Waals surface area contributed by atoms with E-state index in [0.29, 0.717) is 18.7 Å². The quantitative estimate of drug-likeness (QED) is 0.760. The minimum atomic E-state index is -0.435. The highest BCUT2D eigenvalue weighted by atomic mass is 19.1. The first kappa shape index (κ1) is 15.1. The van der Waals surface area contributed by atoms with E-state index in [1.807, 2.05) is 25.1 Å². The molecule has 3 aromatic rings. The molecule has 124 valence electrons. The SMILES string of the molecule is CCOc1ccc2[nH]c3c(c2c1)CCNC3c1cc(F)ccc1F. The van der Waals surface area contributed by atoms with Gasteiger partial charge in [0, 0.05) is 28.7 Å². The molecule has 1 atom stereocenters. The third kappa shape index (κ3) is 2.45. The third-order valence-electron chi connectivity index (χ3n) is 4.50. The Balaban J connectivity index is 1.85. The molecule has 24 heavy (non-hydrogen) atoms. The highest BCUT2D eigenvalue weighted by molar-refractivity contribution is 5.86. The summed E-state index contributed by atoms with van der Waals surface area (Å²) in [5.41, 5.74) is 3.34. The number of hydrogen-bond acceptors (Lipinski definition) is 2. The number of nitrogens with one attached hydrogen (secondary N) is 2. The van der Waals surface area contributed by atoms with Gasteiger partial charge in [-0.15, -0.1) is 0 Å². The highest BCUT2D eigenvalue weighted by Crippen LogP contribution is 2.35. The number of ether oxygens (including phenoxy) is 1. The van der Waals surface area contributed by atoms with Gasteiger partial charge in [0.15, 0.2) is 0 Å². The number of benzene rings is 2. The summed E-state index contributed by atoms with van der Waals surface area (Å²) in [7, 11) is 0. The van der Waals surface area contributed by atoms with Gasteiger partial charge in [-0.3, -0.25) is 0 Å². The van der Waals surface area contributed by atoms with Crippen LogP contribution >= 0.6 is 0 Å². The minimum absolute atomic E-state index is 0.326. The normalized spacial score (nSPS) is 17.0. The lowest BCUT2D eigenvalue weighted by Gasteiger charge is -2.25. The lowest BCUT2D eigenvalue weighted by Crippen LogP contribution is -2.31. The molecule has 0 aliphatic carbocycles. The van der Waals surface area contributed by atoms with Crippen LogP contribution in [0.2, 0.25) is 0 Å². The molecule has 0 saturated carbocycles. The van der Waals surface area contributed by atoms with Crippen molar-refractivity contribution in [3.8, 4) is 5.75 Å². The molecule has 1 aliphatic heterocycles. The zero-order chi connectivity index (χ0) is 16.7. The van der Waals surface area contributed by atoms with Crippen LogP contribution in [0.25, 0.3) is 10.9 Å². The van der Waals surface area contributed by atoms with Gasteiger partial charge < -0.3 is 15.0 Å². The lowest BCUT2D eigenvalue weighted by molar-refractivity contribution is 0.340. The zero-order valence-electron chi connectivity index (χ0n) is 13.3. The summed E-state index contributed by atoms with van der Waals surface area (Å²) < 4.78 is 33.4. The van der Waals surface area contributed by atoms with Crippen molar-refractivity contribution in [2.75, 3.05) is 13.2 Å². The van der Waals surface area contributed by atoms with Crippen LogP contribution in [0, 0.1) is 11.6 Å². The fourth-order valence-corrected chi connectivity index (χ4v) is 3.46.